The van der Waals surface area contributed by atoms with E-state index in [-0.39, 0.29) is 16.7 Å². The Bertz CT molecular complexity index is 1120. The highest BCUT2D eigenvalue weighted by molar-refractivity contribution is 7.89. The van der Waals surface area contributed by atoms with Gasteiger partial charge in [0.1, 0.15) is 5.65 Å². The van der Waals surface area contributed by atoms with E-state index < -0.39 is 10.0 Å². The number of carbonyl (C=O) groups is 1. The van der Waals surface area contributed by atoms with E-state index in [1.165, 1.54) is 4.31 Å². The van der Waals surface area contributed by atoms with Gasteiger partial charge in [0.2, 0.25) is 15.9 Å². The van der Waals surface area contributed by atoms with Crippen molar-refractivity contribution in [2.45, 2.75) is 24.3 Å². The average Bonchev–Trinajstić information content (AvgIpc) is 3.14. The molecule has 3 heterocycles. The minimum absolute atomic E-state index is 0.0724. The number of piperidine rings is 1. The van der Waals surface area contributed by atoms with Crippen molar-refractivity contribution in [1.29, 1.82) is 0 Å². The van der Waals surface area contributed by atoms with Crippen LogP contribution < -0.4 is 5.32 Å². The number of carbonyl (C=O) groups excluding carboxylic acids is 1. The summed E-state index contributed by atoms with van der Waals surface area (Å²) in [7, 11) is -3.51. The summed E-state index contributed by atoms with van der Waals surface area (Å²) < 4.78 is 28.7. The zero-order valence-corrected chi connectivity index (χ0v) is 17.2. The van der Waals surface area contributed by atoms with E-state index in [9.17, 15) is 13.2 Å². The summed E-state index contributed by atoms with van der Waals surface area (Å²) >= 11 is 5.97. The van der Waals surface area contributed by atoms with Gasteiger partial charge in [-0.05, 0) is 37.1 Å². The second kappa shape index (κ2) is 8.14. The third-order valence-electron chi connectivity index (χ3n) is 5.11. The molecule has 4 rings (SSSR count). The Morgan fingerprint density at radius 3 is 2.55 bits per heavy atom. The van der Waals surface area contributed by atoms with Crippen LogP contribution in [0.15, 0.2) is 59.8 Å². The molecule has 0 spiro atoms. The first-order chi connectivity index (χ1) is 13.9. The predicted octanol–water partition coefficient (Wildman–Crippen LogP) is 2.70. The van der Waals surface area contributed by atoms with E-state index >= 15 is 0 Å². The summed E-state index contributed by atoms with van der Waals surface area (Å²) in [5.41, 5.74) is 1.50. The molecule has 1 aliphatic rings. The molecule has 0 aliphatic carbocycles. The lowest BCUT2D eigenvalue weighted by molar-refractivity contribution is -0.126. The van der Waals surface area contributed by atoms with Crippen LogP contribution in [0, 0.1) is 5.92 Å². The topological polar surface area (TPSA) is 83.8 Å². The van der Waals surface area contributed by atoms with E-state index in [0.717, 1.165) is 11.3 Å². The number of sulfonamides is 1. The van der Waals surface area contributed by atoms with Crippen molar-refractivity contribution in [3.63, 3.8) is 0 Å². The van der Waals surface area contributed by atoms with Gasteiger partial charge in [0.15, 0.2) is 0 Å². The molecule has 1 fully saturated rings. The molecule has 1 N–H and O–H groups in total. The summed E-state index contributed by atoms with van der Waals surface area (Å²) in [6, 6.07) is 12.0. The van der Waals surface area contributed by atoms with Gasteiger partial charge in [0, 0.05) is 31.4 Å². The summed E-state index contributed by atoms with van der Waals surface area (Å²) in [5.74, 6) is -0.277. The molecule has 152 valence electrons. The van der Waals surface area contributed by atoms with Crippen molar-refractivity contribution < 1.29 is 13.2 Å². The van der Waals surface area contributed by atoms with Crippen LogP contribution in [0.1, 0.15) is 18.5 Å². The van der Waals surface area contributed by atoms with Crippen LogP contribution in [0.25, 0.3) is 5.65 Å². The smallest absolute Gasteiger partial charge is 0.243 e. The zero-order chi connectivity index (χ0) is 20.4. The van der Waals surface area contributed by atoms with E-state index in [1.807, 2.05) is 16.7 Å². The quantitative estimate of drug-likeness (QED) is 0.671. The minimum Gasteiger partial charge on any atom is -0.350 e. The monoisotopic (exact) mass is 432 g/mol. The standard InChI is InChI=1S/C20H21ClN4O3S/c21-16-6-7-19-23-17(14-24(19)13-16)12-22-20(26)15-8-10-25(11-9-15)29(27,28)18-4-2-1-3-5-18/h1-7,13-15H,8-12H2,(H,22,26). The van der Waals surface area contributed by atoms with Crippen molar-refractivity contribution >= 4 is 33.2 Å². The summed E-state index contributed by atoms with van der Waals surface area (Å²) in [6.45, 7) is 0.991. The first-order valence-corrected chi connectivity index (χ1v) is 11.2. The van der Waals surface area contributed by atoms with Gasteiger partial charge >= 0.3 is 0 Å². The van der Waals surface area contributed by atoms with E-state index in [2.05, 4.69) is 10.3 Å². The van der Waals surface area contributed by atoms with Gasteiger partial charge in [-0.3, -0.25) is 4.79 Å². The number of amides is 1. The summed E-state index contributed by atoms with van der Waals surface area (Å²) in [6.07, 6.45) is 4.59. The fourth-order valence-corrected chi connectivity index (χ4v) is 5.18. The third kappa shape index (κ3) is 4.29. The molecule has 0 bridgehead atoms. The highest BCUT2D eigenvalue weighted by Gasteiger charge is 2.31. The van der Waals surface area contributed by atoms with Crippen LogP contribution >= 0.6 is 11.6 Å². The molecule has 3 aromatic rings. The second-order valence-corrected chi connectivity index (χ2v) is 9.43. The molecule has 0 unspecified atom stereocenters. The van der Waals surface area contributed by atoms with Gasteiger partial charge in [0.05, 0.1) is 22.2 Å². The van der Waals surface area contributed by atoms with Crippen LogP contribution in [0.2, 0.25) is 5.02 Å². The summed E-state index contributed by atoms with van der Waals surface area (Å²) in [5, 5.41) is 3.53. The Morgan fingerprint density at radius 2 is 1.83 bits per heavy atom. The Balaban J connectivity index is 1.33. The van der Waals surface area contributed by atoms with Crippen LogP contribution in [0.3, 0.4) is 0 Å². The molecule has 0 saturated carbocycles. The van der Waals surface area contributed by atoms with Crippen molar-refractivity contribution in [3.05, 3.63) is 65.6 Å². The number of nitrogens with zero attached hydrogens (tertiary/aromatic N) is 3. The van der Waals surface area contributed by atoms with E-state index in [4.69, 9.17) is 11.6 Å². The normalized spacial score (nSPS) is 16.2. The van der Waals surface area contributed by atoms with Crippen molar-refractivity contribution in [2.24, 2.45) is 5.92 Å². The molecule has 0 radical (unpaired) electrons. The van der Waals surface area contributed by atoms with Crippen LogP contribution in [-0.2, 0) is 21.4 Å². The maximum Gasteiger partial charge on any atom is 0.243 e. The molecule has 1 saturated heterocycles. The molecule has 1 aromatic carbocycles. The Hall–Kier alpha value is -2.42. The Morgan fingerprint density at radius 1 is 1.10 bits per heavy atom. The highest BCUT2D eigenvalue weighted by Crippen LogP contribution is 2.24. The van der Waals surface area contributed by atoms with Gasteiger partial charge < -0.3 is 9.72 Å². The molecule has 0 atom stereocenters. The largest absolute Gasteiger partial charge is 0.350 e. The predicted molar refractivity (Wildman–Crippen MR) is 110 cm³/mol. The SMILES string of the molecule is O=C(NCc1cn2cc(Cl)ccc2n1)C1CCN(S(=O)(=O)c2ccccc2)CC1. The molecule has 1 amide bonds. The van der Waals surface area contributed by atoms with Gasteiger partial charge in [-0.15, -0.1) is 0 Å². The van der Waals surface area contributed by atoms with Gasteiger partial charge in [-0.1, -0.05) is 29.8 Å². The van der Waals surface area contributed by atoms with Gasteiger partial charge in [-0.2, -0.15) is 4.31 Å². The Labute approximate surface area is 174 Å². The van der Waals surface area contributed by atoms with Gasteiger partial charge in [-0.25, -0.2) is 13.4 Å². The third-order valence-corrected chi connectivity index (χ3v) is 7.25. The number of imidazole rings is 1. The van der Waals surface area contributed by atoms with E-state index in [0.29, 0.717) is 37.5 Å². The molecular formula is C20H21ClN4O3S. The highest BCUT2D eigenvalue weighted by atomic mass is 35.5. The number of nitrogens with one attached hydrogen (secondary N) is 1. The maximum absolute atomic E-state index is 12.7. The lowest BCUT2D eigenvalue weighted by atomic mass is 9.97. The molecule has 1 aliphatic heterocycles. The molecule has 29 heavy (non-hydrogen) atoms. The van der Waals surface area contributed by atoms with E-state index in [1.54, 1.807) is 42.6 Å². The summed E-state index contributed by atoms with van der Waals surface area (Å²) in [4.78, 5) is 17.3. The lowest BCUT2D eigenvalue weighted by Crippen LogP contribution is -2.42. The van der Waals surface area contributed by atoms with Crippen LogP contribution in [0.5, 0.6) is 0 Å². The second-order valence-electron chi connectivity index (χ2n) is 7.05. The first kappa shape index (κ1) is 19.9. The molecular weight excluding hydrogens is 412 g/mol. The number of pyridine rings is 1. The molecule has 7 nitrogen and oxygen atoms in total. The van der Waals surface area contributed by atoms with Crippen molar-refractivity contribution in [1.82, 2.24) is 19.0 Å². The number of aromatic nitrogens is 2. The maximum atomic E-state index is 12.7. The number of halogens is 1. The molecule has 2 aromatic heterocycles. The average molecular weight is 433 g/mol. The zero-order valence-electron chi connectivity index (χ0n) is 15.7. The van der Waals surface area contributed by atoms with Gasteiger partial charge in [0.25, 0.3) is 0 Å². The lowest BCUT2D eigenvalue weighted by Gasteiger charge is -2.30. The van der Waals surface area contributed by atoms with Crippen molar-refractivity contribution in [3.8, 4) is 0 Å². The fourth-order valence-electron chi connectivity index (χ4n) is 3.52. The molecule has 9 heteroatoms. The Kier molecular flexibility index (Phi) is 5.58. The number of rotatable bonds is 5. The van der Waals surface area contributed by atoms with Crippen LogP contribution in [0.4, 0.5) is 0 Å². The minimum atomic E-state index is -3.51. The number of hydrogen-bond donors (Lipinski definition) is 1. The fraction of sp³-hybridized carbons (Fsp3) is 0.300. The first-order valence-electron chi connectivity index (χ1n) is 9.39. The number of fused-ring (bicyclic) bond motifs is 1. The number of benzene rings is 1. The van der Waals surface area contributed by atoms with Crippen LogP contribution in [-0.4, -0.2) is 41.1 Å². The van der Waals surface area contributed by atoms with Crippen molar-refractivity contribution in [2.75, 3.05) is 13.1 Å². The number of hydrogen-bond acceptors (Lipinski definition) is 4.